The largest absolute Gasteiger partial charge is 0.504 e. The predicted molar refractivity (Wildman–Crippen MR) is 143 cm³/mol. The average Bonchev–Trinajstić information content (AvgIpc) is 3.60. The highest BCUT2D eigenvalue weighted by atomic mass is 16.5. The molecule has 2 aromatic rings. The van der Waals surface area contributed by atoms with Crippen molar-refractivity contribution in [3.05, 3.63) is 108 Å². The molecule has 0 saturated carbocycles. The summed E-state index contributed by atoms with van der Waals surface area (Å²) in [4.78, 5) is 0. The monoisotopic (exact) mass is 468 g/mol. The number of allylic oxidation sites excluding steroid dienone is 10. The van der Waals surface area contributed by atoms with E-state index in [9.17, 15) is 10.2 Å². The van der Waals surface area contributed by atoms with Gasteiger partial charge in [-0.25, -0.2) is 0 Å². The Hall–Kier alpha value is -3.92. The summed E-state index contributed by atoms with van der Waals surface area (Å²) in [7, 11) is 3.12. The van der Waals surface area contributed by atoms with Crippen LogP contribution in [0.15, 0.2) is 97.2 Å². The van der Waals surface area contributed by atoms with E-state index in [0.29, 0.717) is 23.3 Å². The first-order chi connectivity index (χ1) is 17.1. The lowest BCUT2D eigenvalue weighted by atomic mass is 9.79. The van der Waals surface area contributed by atoms with E-state index in [1.54, 1.807) is 26.4 Å². The zero-order chi connectivity index (χ0) is 24.6. The van der Waals surface area contributed by atoms with Gasteiger partial charge in [-0.1, -0.05) is 85.0 Å². The highest BCUT2D eigenvalue weighted by molar-refractivity contribution is 5.57. The van der Waals surface area contributed by atoms with Crippen molar-refractivity contribution in [2.75, 3.05) is 14.2 Å². The van der Waals surface area contributed by atoms with Gasteiger partial charge in [0.25, 0.3) is 0 Å². The first-order valence-electron chi connectivity index (χ1n) is 11.9. The molecule has 0 heterocycles. The maximum absolute atomic E-state index is 9.92. The Labute approximate surface area is 207 Å². The highest BCUT2D eigenvalue weighted by Gasteiger charge is 2.24. The van der Waals surface area contributed by atoms with E-state index in [0.717, 1.165) is 17.5 Å². The summed E-state index contributed by atoms with van der Waals surface area (Å²) in [6.45, 7) is 0. The van der Waals surface area contributed by atoms with Gasteiger partial charge < -0.3 is 19.7 Å². The van der Waals surface area contributed by atoms with Gasteiger partial charge in [-0.15, -0.1) is 0 Å². The third-order valence-electron chi connectivity index (χ3n) is 6.57. The Morgan fingerprint density at radius 1 is 0.686 bits per heavy atom. The molecule has 0 fully saturated rings. The molecule has 0 aliphatic heterocycles. The number of ether oxygens (including phenoxy) is 2. The molecule has 2 aliphatic rings. The van der Waals surface area contributed by atoms with Gasteiger partial charge in [0.1, 0.15) is 0 Å². The quantitative estimate of drug-likeness (QED) is 0.396. The highest BCUT2D eigenvalue weighted by Crippen LogP contribution is 2.35. The maximum atomic E-state index is 9.92. The van der Waals surface area contributed by atoms with E-state index in [4.69, 9.17) is 9.47 Å². The Morgan fingerprint density at radius 3 is 1.46 bits per heavy atom. The molecule has 2 N–H and O–H groups in total. The number of phenolic OH excluding ortho intramolecular Hbond substituents is 2. The van der Waals surface area contributed by atoms with Crippen molar-refractivity contribution in [3.63, 3.8) is 0 Å². The lowest BCUT2D eigenvalue weighted by Crippen LogP contribution is -2.16. The molecule has 4 rings (SSSR count). The standard InChI is InChI=1S/C31H32O4/c1-34-30-19-22(13-17-28(30)32)11-15-26(24-7-3-4-8-24)21-27(25-9-5-6-10-25)16-12-23-14-18-29(33)31(20-23)35-2/h3-20,24-27,32-33H,21H2,1-2H3/b15-11+,16-12+. The fourth-order valence-corrected chi connectivity index (χ4v) is 4.58. The van der Waals surface area contributed by atoms with Crippen LogP contribution in [-0.4, -0.2) is 24.4 Å². The predicted octanol–water partition coefficient (Wildman–Crippen LogP) is 6.95. The first-order valence-corrected chi connectivity index (χ1v) is 11.9. The number of rotatable bonds is 10. The maximum Gasteiger partial charge on any atom is 0.161 e. The van der Waals surface area contributed by atoms with Crippen molar-refractivity contribution in [3.8, 4) is 23.0 Å². The molecule has 4 nitrogen and oxygen atoms in total. The summed E-state index contributed by atoms with van der Waals surface area (Å²) < 4.78 is 10.5. The van der Waals surface area contributed by atoms with Crippen LogP contribution >= 0.6 is 0 Å². The summed E-state index contributed by atoms with van der Waals surface area (Å²) in [5.74, 6) is 2.44. The van der Waals surface area contributed by atoms with Crippen molar-refractivity contribution in [1.29, 1.82) is 0 Å². The van der Waals surface area contributed by atoms with Gasteiger partial charge in [0.2, 0.25) is 0 Å². The van der Waals surface area contributed by atoms with Crippen molar-refractivity contribution in [1.82, 2.24) is 0 Å². The molecule has 2 aromatic carbocycles. The van der Waals surface area contributed by atoms with Crippen LogP contribution in [0, 0.1) is 23.7 Å². The zero-order valence-electron chi connectivity index (χ0n) is 20.1. The van der Waals surface area contributed by atoms with Crippen LogP contribution in [0.1, 0.15) is 17.5 Å². The van der Waals surface area contributed by atoms with Crippen molar-refractivity contribution >= 4 is 12.2 Å². The summed E-state index contributed by atoms with van der Waals surface area (Å²) in [6.07, 6.45) is 27.1. The lowest BCUT2D eigenvalue weighted by molar-refractivity contribution is 0.373. The molecule has 2 aliphatic carbocycles. The molecular formula is C31H32O4. The molecule has 0 spiro atoms. The molecule has 180 valence electrons. The second-order valence-corrected chi connectivity index (χ2v) is 8.84. The molecule has 4 heteroatoms. The van der Waals surface area contributed by atoms with E-state index in [1.165, 1.54) is 0 Å². The number of phenols is 2. The van der Waals surface area contributed by atoms with Crippen LogP contribution in [0.3, 0.4) is 0 Å². The molecule has 0 bridgehead atoms. The van der Waals surface area contributed by atoms with Gasteiger partial charge in [0, 0.05) is 11.8 Å². The molecule has 0 radical (unpaired) electrons. The summed E-state index contributed by atoms with van der Waals surface area (Å²) in [6, 6.07) is 10.8. The van der Waals surface area contributed by atoms with Crippen molar-refractivity contribution in [2.24, 2.45) is 23.7 Å². The Morgan fingerprint density at radius 2 is 1.09 bits per heavy atom. The second-order valence-electron chi connectivity index (χ2n) is 8.84. The number of hydrogen-bond donors (Lipinski definition) is 2. The van der Waals surface area contributed by atoms with Crippen molar-refractivity contribution < 1.29 is 19.7 Å². The van der Waals surface area contributed by atoms with Gasteiger partial charge in [0.15, 0.2) is 23.0 Å². The Bertz CT molecular complexity index is 1080. The number of aromatic hydroxyl groups is 2. The van der Waals surface area contributed by atoms with Crippen LogP contribution in [0.4, 0.5) is 0 Å². The molecule has 0 amide bonds. The van der Waals surface area contributed by atoms with Crippen LogP contribution in [0.5, 0.6) is 23.0 Å². The van der Waals surface area contributed by atoms with Crippen LogP contribution in [0.2, 0.25) is 0 Å². The van der Waals surface area contributed by atoms with Gasteiger partial charge in [-0.05, 0) is 53.6 Å². The fourth-order valence-electron chi connectivity index (χ4n) is 4.58. The molecule has 2 unspecified atom stereocenters. The summed E-state index contributed by atoms with van der Waals surface area (Å²) in [5.41, 5.74) is 1.97. The fraction of sp³-hybridized carbons (Fsp3) is 0.226. The summed E-state index contributed by atoms with van der Waals surface area (Å²) >= 11 is 0. The number of methoxy groups -OCH3 is 2. The second kappa shape index (κ2) is 11.5. The normalized spacial score (nSPS) is 17.2. The van der Waals surface area contributed by atoms with Gasteiger partial charge in [0.05, 0.1) is 14.2 Å². The van der Waals surface area contributed by atoms with Gasteiger partial charge in [-0.3, -0.25) is 0 Å². The first kappa shape index (κ1) is 24.2. The minimum absolute atomic E-state index is 0.138. The van der Waals surface area contributed by atoms with Crippen LogP contribution < -0.4 is 9.47 Å². The topological polar surface area (TPSA) is 58.9 Å². The van der Waals surface area contributed by atoms with E-state index in [2.05, 4.69) is 72.9 Å². The molecule has 0 saturated heterocycles. The lowest BCUT2D eigenvalue weighted by Gasteiger charge is -2.25. The Balaban J connectivity index is 1.59. The number of hydrogen-bond acceptors (Lipinski definition) is 4. The van der Waals surface area contributed by atoms with Gasteiger partial charge >= 0.3 is 0 Å². The Kier molecular flexibility index (Phi) is 7.94. The van der Waals surface area contributed by atoms with E-state index in [1.807, 2.05) is 24.3 Å². The molecule has 2 atom stereocenters. The van der Waals surface area contributed by atoms with Crippen LogP contribution in [0.25, 0.3) is 12.2 Å². The SMILES string of the molecule is COc1cc(/C=C/C(CC(/C=C/c2ccc(O)c(OC)c2)C2C=CC=C2)C2C=CC=C2)ccc1O. The van der Waals surface area contributed by atoms with E-state index in [-0.39, 0.29) is 23.3 Å². The van der Waals surface area contributed by atoms with E-state index >= 15 is 0 Å². The van der Waals surface area contributed by atoms with E-state index < -0.39 is 0 Å². The average molecular weight is 469 g/mol. The third-order valence-corrected chi connectivity index (χ3v) is 6.57. The third kappa shape index (κ3) is 6.15. The molecule has 35 heavy (non-hydrogen) atoms. The molecule has 0 aromatic heterocycles. The summed E-state index contributed by atoms with van der Waals surface area (Å²) in [5, 5.41) is 19.8. The van der Waals surface area contributed by atoms with Gasteiger partial charge in [-0.2, -0.15) is 0 Å². The molecular weight excluding hydrogens is 436 g/mol. The van der Waals surface area contributed by atoms with Crippen LogP contribution in [-0.2, 0) is 0 Å². The number of benzene rings is 2. The zero-order valence-corrected chi connectivity index (χ0v) is 20.1. The van der Waals surface area contributed by atoms with Crippen molar-refractivity contribution in [2.45, 2.75) is 6.42 Å². The smallest absolute Gasteiger partial charge is 0.161 e. The minimum atomic E-state index is 0.138. The minimum Gasteiger partial charge on any atom is -0.504 e.